The van der Waals surface area contributed by atoms with E-state index in [2.05, 4.69) is 138 Å². The first-order valence-corrected chi connectivity index (χ1v) is 13.9. The Morgan fingerprint density at radius 2 is 1.28 bits per heavy atom. The van der Waals surface area contributed by atoms with Crippen molar-refractivity contribution >= 4 is 6.08 Å². The third kappa shape index (κ3) is 5.10. The zero-order chi connectivity index (χ0) is 26.3. The lowest BCUT2D eigenvalue weighted by Crippen LogP contribution is -2.39. The minimum Gasteiger partial charge on any atom is -0.377 e. The first-order chi connectivity index (χ1) is 19.4. The maximum atomic E-state index is 6.07. The first-order valence-electron chi connectivity index (χ1n) is 13.9. The van der Waals surface area contributed by atoms with Crippen molar-refractivity contribution in [3.05, 3.63) is 167 Å². The minimum absolute atomic E-state index is 0.477. The van der Waals surface area contributed by atoms with Gasteiger partial charge in [0.05, 0.1) is 25.2 Å². The zero-order valence-electron chi connectivity index (χ0n) is 22.2. The summed E-state index contributed by atoms with van der Waals surface area (Å²) in [5, 5.41) is 0. The number of nitrogens with zero attached hydrogens (tertiary/aromatic N) is 2. The molecule has 0 amide bonds. The van der Waals surface area contributed by atoms with Gasteiger partial charge in [-0.25, -0.2) is 4.98 Å². The average molecular weight is 511 g/mol. The van der Waals surface area contributed by atoms with Crippen LogP contribution in [0.1, 0.15) is 40.1 Å². The molecule has 1 aromatic heterocycles. The smallest absolute Gasteiger partial charge is 0.121 e. The molecule has 0 radical (unpaired) electrons. The lowest BCUT2D eigenvalue weighted by atomic mass is 9.76. The Labute approximate surface area is 231 Å². The van der Waals surface area contributed by atoms with Crippen LogP contribution in [-0.4, -0.2) is 22.8 Å². The van der Waals surface area contributed by atoms with Gasteiger partial charge in [-0.2, -0.15) is 0 Å². The molecule has 4 aromatic carbocycles. The summed E-state index contributed by atoms with van der Waals surface area (Å²) in [6.07, 6.45) is 9.32. The van der Waals surface area contributed by atoms with Crippen LogP contribution >= 0.6 is 0 Å². The van der Waals surface area contributed by atoms with Crippen molar-refractivity contribution in [2.75, 3.05) is 13.2 Å². The van der Waals surface area contributed by atoms with E-state index in [0.717, 1.165) is 25.9 Å². The minimum atomic E-state index is -0.504. The van der Waals surface area contributed by atoms with Gasteiger partial charge < -0.3 is 9.30 Å². The second-order valence-electron chi connectivity index (χ2n) is 10.3. The van der Waals surface area contributed by atoms with Gasteiger partial charge in [0, 0.05) is 5.69 Å². The fourth-order valence-electron chi connectivity index (χ4n) is 6.00. The largest absolute Gasteiger partial charge is 0.377 e. The van der Waals surface area contributed by atoms with Gasteiger partial charge in [-0.05, 0) is 47.4 Å². The molecule has 39 heavy (non-hydrogen) atoms. The van der Waals surface area contributed by atoms with Crippen LogP contribution in [0.4, 0.5) is 0 Å². The molecule has 0 N–H and O–H groups in total. The van der Waals surface area contributed by atoms with Crippen LogP contribution in [0.5, 0.6) is 0 Å². The number of ether oxygens (including phenoxy) is 1. The van der Waals surface area contributed by atoms with Gasteiger partial charge in [-0.3, -0.25) is 0 Å². The summed E-state index contributed by atoms with van der Waals surface area (Å²) in [6.45, 7) is 1.39. The SMILES string of the molecule is C(=Cc1ccccc1)COCC1CCc2c(ncn2C(c2ccccc2)(c2ccccc2)c2ccccc2)C1. The van der Waals surface area contributed by atoms with Crippen molar-refractivity contribution < 1.29 is 4.74 Å². The number of aromatic nitrogens is 2. The van der Waals surface area contributed by atoms with E-state index in [9.17, 15) is 0 Å². The van der Waals surface area contributed by atoms with Crippen LogP contribution < -0.4 is 0 Å². The van der Waals surface area contributed by atoms with E-state index < -0.39 is 5.54 Å². The van der Waals surface area contributed by atoms with Gasteiger partial charge in [-0.15, -0.1) is 0 Å². The third-order valence-electron chi connectivity index (χ3n) is 7.84. The maximum Gasteiger partial charge on any atom is 0.121 e. The van der Waals surface area contributed by atoms with Crippen LogP contribution in [0, 0.1) is 5.92 Å². The summed E-state index contributed by atoms with van der Waals surface area (Å²) in [5.74, 6) is 0.477. The molecule has 0 saturated heterocycles. The van der Waals surface area contributed by atoms with E-state index in [1.165, 1.54) is 33.6 Å². The monoisotopic (exact) mass is 510 g/mol. The van der Waals surface area contributed by atoms with E-state index in [4.69, 9.17) is 9.72 Å². The summed E-state index contributed by atoms with van der Waals surface area (Å²) < 4.78 is 8.52. The molecule has 0 bridgehead atoms. The van der Waals surface area contributed by atoms with Crippen LogP contribution in [0.15, 0.2) is 134 Å². The molecule has 1 heterocycles. The Bertz CT molecular complexity index is 1390. The van der Waals surface area contributed by atoms with Gasteiger partial charge in [0.15, 0.2) is 0 Å². The highest BCUT2D eigenvalue weighted by Gasteiger charge is 2.41. The quantitative estimate of drug-likeness (QED) is 0.151. The highest BCUT2D eigenvalue weighted by atomic mass is 16.5. The molecule has 0 saturated carbocycles. The van der Waals surface area contributed by atoms with Gasteiger partial charge in [0.1, 0.15) is 5.54 Å². The summed E-state index contributed by atoms with van der Waals surface area (Å²) in [5.41, 5.74) is 6.92. The Morgan fingerprint density at radius 1 is 0.744 bits per heavy atom. The molecule has 6 rings (SSSR count). The number of benzene rings is 4. The van der Waals surface area contributed by atoms with E-state index >= 15 is 0 Å². The number of rotatable bonds is 9. The molecule has 5 aromatic rings. The van der Waals surface area contributed by atoms with Crippen LogP contribution in [0.2, 0.25) is 0 Å². The standard InChI is InChI=1S/C36H34N2O/c1-5-14-29(15-6-1)16-13-25-39-27-30-23-24-35-34(26-30)37-28-38(35)36(31-17-7-2-8-18-31,32-19-9-3-10-20-32)33-21-11-4-12-22-33/h1-22,28,30H,23-27H2. The van der Waals surface area contributed by atoms with E-state index in [-0.39, 0.29) is 0 Å². The van der Waals surface area contributed by atoms with Crippen LogP contribution in [0.3, 0.4) is 0 Å². The van der Waals surface area contributed by atoms with Gasteiger partial charge in [0.25, 0.3) is 0 Å². The zero-order valence-corrected chi connectivity index (χ0v) is 22.2. The normalized spacial score (nSPS) is 15.3. The van der Waals surface area contributed by atoms with Crippen molar-refractivity contribution in [3.63, 3.8) is 0 Å². The first kappa shape index (κ1) is 25.1. The highest BCUT2D eigenvalue weighted by molar-refractivity contribution is 5.52. The van der Waals surface area contributed by atoms with Crippen molar-refractivity contribution in [3.8, 4) is 0 Å². The number of imidazole rings is 1. The molecule has 0 aliphatic heterocycles. The van der Waals surface area contributed by atoms with Crippen molar-refractivity contribution in [2.24, 2.45) is 5.92 Å². The summed E-state index contributed by atoms with van der Waals surface area (Å²) in [7, 11) is 0. The fraction of sp³-hybridized carbons (Fsp3) is 0.194. The molecule has 3 heteroatoms. The molecule has 1 aliphatic carbocycles. The summed E-state index contributed by atoms with van der Waals surface area (Å²) in [6, 6.07) is 42.9. The highest BCUT2D eigenvalue weighted by Crippen LogP contribution is 2.43. The van der Waals surface area contributed by atoms with Crippen LogP contribution in [-0.2, 0) is 23.1 Å². The number of hydrogen-bond donors (Lipinski definition) is 0. The van der Waals surface area contributed by atoms with Gasteiger partial charge >= 0.3 is 0 Å². The molecule has 3 nitrogen and oxygen atoms in total. The summed E-state index contributed by atoms with van der Waals surface area (Å²) >= 11 is 0. The Hall–Kier alpha value is -4.21. The Kier molecular flexibility index (Phi) is 7.51. The maximum absolute atomic E-state index is 6.07. The average Bonchev–Trinajstić information content (AvgIpc) is 3.43. The van der Waals surface area contributed by atoms with Crippen molar-refractivity contribution in [1.82, 2.24) is 9.55 Å². The molecular formula is C36H34N2O. The predicted molar refractivity (Wildman–Crippen MR) is 159 cm³/mol. The van der Waals surface area contributed by atoms with Crippen LogP contribution in [0.25, 0.3) is 6.08 Å². The second kappa shape index (κ2) is 11.7. The van der Waals surface area contributed by atoms with E-state index in [1.54, 1.807) is 0 Å². The van der Waals surface area contributed by atoms with Gasteiger partial charge in [-0.1, -0.05) is 133 Å². The van der Waals surface area contributed by atoms with Crippen molar-refractivity contribution in [2.45, 2.75) is 24.8 Å². The van der Waals surface area contributed by atoms with Gasteiger partial charge in [0.2, 0.25) is 0 Å². The lowest BCUT2D eigenvalue weighted by Gasteiger charge is -2.39. The second-order valence-corrected chi connectivity index (χ2v) is 10.3. The lowest BCUT2D eigenvalue weighted by molar-refractivity contribution is 0.116. The van der Waals surface area contributed by atoms with Crippen molar-refractivity contribution in [1.29, 1.82) is 0 Å². The molecule has 0 fully saturated rings. The van der Waals surface area contributed by atoms with E-state index in [1.807, 2.05) is 6.07 Å². The fourth-order valence-corrected chi connectivity index (χ4v) is 6.00. The third-order valence-corrected chi connectivity index (χ3v) is 7.84. The Balaban J connectivity index is 1.30. The molecule has 194 valence electrons. The Morgan fingerprint density at radius 3 is 1.85 bits per heavy atom. The number of hydrogen-bond acceptors (Lipinski definition) is 2. The van der Waals surface area contributed by atoms with E-state index in [0.29, 0.717) is 12.5 Å². The summed E-state index contributed by atoms with van der Waals surface area (Å²) in [4.78, 5) is 5.03. The topological polar surface area (TPSA) is 27.1 Å². The molecule has 1 atom stereocenters. The molecule has 1 unspecified atom stereocenters. The number of fused-ring (bicyclic) bond motifs is 1. The molecule has 0 spiro atoms. The molecule has 1 aliphatic rings. The predicted octanol–water partition coefficient (Wildman–Crippen LogP) is 7.56. The molecular weight excluding hydrogens is 476 g/mol.